The first-order chi connectivity index (χ1) is 7.63. The number of ether oxygens (including phenoxy) is 2. The normalized spacial score (nSPS) is 24.1. The molecule has 7 nitrogen and oxygen atoms in total. The fraction of sp³-hybridized carbons (Fsp3) is 0.778. The minimum absolute atomic E-state index is 0.0811. The molecule has 0 saturated carbocycles. The van der Waals surface area contributed by atoms with Gasteiger partial charge in [-0.15, -0.1) is 0 Å². The quantitative estimate of drug-likeness (QED) is 0.504. The van der Waals surface area contributed by atoms with Crippen LogP contribution >= 0.6 is 0 Å². The molecule has 2 unspecified atom stereocenters. The third kappa shape index (κ3) is 4.03. The molecule has 0 radical (unpaired) electrons. The van der Waals surface area contributed by atoms with Crippen molar-refractivity contribution in [3.63, 3.8) is 0 Å². The average Bonchev–Trinajstić information content (AvgIpc) is 2.72. The Morgan fingerprint density at radius 3 is 2.88 bits per heavy atom. The molecule has 16 heavy (non-hydrogen) atoms. The van der Waals surface area contributed by atoms with Crippen LogP contribution in [0.4, 0.5) is 4.79 Å². The zero-order chi connectivity index (χ0) is 12.0. The van der Waals surface area contributed by atoms with Gasteiger partial charge in [-0.1, -0.05) is 0 Å². The number of hydrogen-bond donors (Lipinski definition) is 3. The molecule has 2 amide bonds. The highest BCUT2D eigenvalue weighted by atomic mass is 16.5. The van der Waals surface area contributed by atoms with Crippen LogP contribution in [0.2, 0.25) is 0 Å². The predicted molar refractivity (Wildman–Crippen MR) is 55.7 cm³/mol. The van der Waals surface area contributed by atoms with Gasteiger partial charge in [0.25, 0.3) is 0 Å². The number of hydrogen-bond acceptors (Lipinski definition) is 5. The number of primary amides is 1. The molecule has 1 aliphatic rings. The van der Waals surface area contributed by atoms with Crippen LogP contribution in [0.5, 0.6) is 0 Å². The van der Waals surface area contributed by atoms with E-state index in [9.17, 15) is 9.59 Å². The van der Waals surface area contributed by atoms with E-state index in [0.29, 0.717) is 13.0 Å². The van der Waals surface area contributed by atoms with Crippen LogP contribution in [0.25, 0.3) is 0 Å². The Morgan fingerprint density at radius 1 is 1.56 bits per heavy atom. The van der Waals surface area contributed by atoms with Crippen LogP contribution in [0, 0.1) is 0 Å². The third-order valence-corrected chi connectivity index (χ3v) is 2.39. The van der Waals surface area contributed by atoms with E-state index >= 15 is 0 Å². The molecule has 1 saturated heterocycles. The predicted octanol–water partition coefficient (Wildman–Crippen LogP) is -1.43. The molecule has 7 heteroatoms. The number of amides is 2. The van der Waals surface area contributed by atoms with Crippen LogP contribution in [-0.2, 0) is 14.3 Å². The molecule has 0 aromatic rings. The fourth-order valence-corrected chi connectivity index (χ4v) is 1.53. The molecule has 0 aromatic heterocycles. The second kappa shape index (κ2) is 6.29. The lowest BCUT2D eigenvalue weighted by Gasteiger charge is -2.10. The van der Waals surface area contributed by atoms with Crippen molar-refractivity contribution in [3.8, 4) is 0 Å². The van der Waals surface area contributed by atoms with Crippen molar-refractivity contribution < 1.29 is 19.1 Å². The van der Waals surface area contributed by atoms with E-state index in [1.807, 2.05) is 0 Å². The van der Waals surface area contributed by atoms with Crippen molar-refractivity contribution in [2.24, 2.45) is 5.73 Å². The topological polar surface area (TPSA) is 103 Å². The number of carbonyl (C=O) groups excluding carboxylic acids is 2. The monoisotopic (exact) mass is 231 g/mol. The van der Waals surface area contributed by atoms with Gasteiger partial charge in [-0.2, -0.15) is 0 Å². The maximum atomic E-state index is 11.6. The van der Waals surface area contributed by atoms with Crippen molar-refractivity contribution in [1.82, 2.24) is 10.6 Å². The summed E-state index contributed by atoms with van der Waals surface area (Å²) in [5, 5.41) is 5.67. The van der Waals surface area contributed by atoms with Gasteiger partial charge in [0.1, 0.15) is 6.61 Å². The highest BCUT2D eigenvalue weighted by molar-refractivity contribution is 5.82. The van der Waals surface area contributed by atoms with Gasteiger partial charge >= 0.3 is 6.09 Å². The Balaban J connectivity index is 2.13. The molecular formula is C9H17N3O4. The average molecular weight is 231 g/mol. The van der Waals surface area contributed by atoms with Crippen molar-refractivity contribution in [2.75, 3.05) is 26.8 Å². The summed E-state index contributed by atoms with van der Waals surface area (Å²) < 4.78 is 9.60. The fourth-order valence-electron chi connectivity index (χ4n) is 1.53. The smallest absolute Gasteiger partial charge is 0.404 e. The molecule has 1 aliphatic heterocycles. The summed E-state index contributed by atoms with van der Waals surface area (Å²) in [5.41, 5.74) is 4.76. The summed E-state index contributed by atoms with van der Waals surface area (Å²) in [6.45, 7) is 1.02. The molecule has 1 rings (SSSR count). The lowest BCUT2D eigenvalue weighted by molar-refractivity contribution is -0.123. The van der Waals surface area contributed by atoms with Gasteiger partial charge in [-0.3, -0.25) is 4.79 Å². The van der Waals surface area contributed by atoms with E-state index in [1.165, 1.54) is 0 Å². The van der Waals surface area contributed by atoms with Gasteiger partial charge in [0.2, 0.25) is 5.91 Å². The highest BCUT2D eigenvalue weighted by Crippen LogP contribution is 2.09. The Morgan fingerprint density at radius 2 is 2.31 bits per heavy atom. The molecule has 0 bridgehead atoms. The van der Waals surface area contributed by atoms with Crippen LogP contribution in [0.1, 0.15) is 6.42 Å². The second-order valence-corrected chi connectivity index (χ2v) is 3.51. The molecule has 4 N–H and O–H groups in total. The van der Waals surface area contributed by atoms with E-state index < -0.39 is 6.09 Å². The Hall–Kier alpha value is -1.34. The van der Waals surface area contributed by atoms with Crippen LogP contribution < -0.4 is 16.4 Å². The molecule has 0 spiro atoms. The minimum atomic E-state index is -0.840. The molecule has 0 aromatic carbocycles. The van der Waals surface area contributed by atoms with Crippen molar-refractivity contribution >= 4 is 12.0 Å². The maximum Gasteiger partial charge on any atom is 0.404 e. The van der Waals surface area contributed by atoms with Crippen LogP contribution in [-0.4, -0.2) is 51.0 Å². The summed E-state index contributed by atoms with van der Waals surface area (Å²) in [5.74, 6) is -0.118. The van der Waals surface area contributed by atoms with E-state index in [4.69, 9.17) is 10.5 Å². The Kier molecular flexibility index (Phi) is 5.00. The molecule has 0 aliphatic carbocycles. The largest absolute Gasteiger partial charge is 0.448 e. The molecule has 1 heterocycles. The highest BCUT2D eigenvalue weighted by Gasteiger charge is 2.28. The standard InChI is InChI=1S/C9H17N3O4/c1-15-6-4-7(12-5-6)8(13)11-2-3-16-9(10)14/h6-7,12H,2-5H2,1H3,(H2,10,14)(H,11,13). The zero-order valence-electron chi connectivity index (χ0n) is 9.19. The lowest BCUT2D eigenvalue weighted by Crippen LogP contribution is -2.41. The first-order valence-corrected chi connectivity index (χ1v) is 5.09. The molecular weight excluding hydrogens is 214 g/mol. The first-order valence-electron chi connectivity index (χ1n) is 5.09. The summed E-state index contributed by atoms with van der Waals surface area (Å²) in [6.07, 6.45) is -0.107. The number of methoxy groups -OCH3 is 1. The number of nitrogens with two attached hydrogens (primary N) is 1. The number of rotatable bonds is 5. The minimum Gasteiger partial charge on any atom is -0.448 e. The van der Waals surface area contributed by atoms with E-state index in [1.54, 1.807) is 7.11 Å². The molecule has 1 fully saturated rings. The van der Waals surface area contributed by atoms with Gasteiger partial charge in [0, 0.05) is 13.7 Å². The lowest BCUT2D eigenvalue weighted by atomic mass is 10.2. The number of carbonyl (C=O) groups is 2. The van der Waals surface area contributed by atoms with E-state index in [0.717, 1.165) is 0 Å². The summed E-state index contributed by atoms with van der Waals surface area (Å²) in [7, 11) is 1.62. The molecule has 92 valence electrons. The zero-order valence-corrected chi connectivity index (χ0v) is 9.19. The maximum absolute atomic E-state index is 11.6. The third-order valence-electron chi connectivity index (χ3n) is 2.39. The first kappa shape index (κ1) is 12.7. The van der Waals surface area contributed by atoms with Crippen molar-refractivity contribution in [1.29, 1.82) is 0 Å². The van der Waals surface area contributed by atoms with Crippen molar-refractivity contribution in [3.05, 3.63) is 0 Å². The summed E-state index contributed by atoms with van der Waals surface area (Å²) in [4.78, 5) is 21.8. The van der Waals surface area contributed by atoms with Gasteiger partial charge in [0.15, 0.2) is 0 Å². The molecule has 2 atom stereocenters. The van der Waals surface area contributed by atoms with Gasteiger partial charge in [-0.05, 0) is 6.42 Å². The van der Waals surface area contributed by atoms with Crippen molar-refractivity contribution in [2.45, 2.75) is 18.6 Å². The second-order valence-electron chi connectivity index (χ2n) is 3.51. The van der Waals surface area contributed by atoms with Crippen LogP contribution in [0.15, 0.2) is 0 Å². The van der Waals surface area contributed by atoms with Gasteiger partial charge in [0.05, 0.1) is 18.7 Å². The summed E-state index contributed by atoms with van der Waals surface area (Å²) >= 11 is 0. The van der Waals surface area contributed by atoms with E-state index in [-0.39, 0.29) is 31.2 Å². The van der Waals surface area contributed by atoms with E-state index in [2.05, 4.69) is 15.4 Å². The van der Waals surface area contributed by atoms with Gasteiger partial charge < -0.3 is 25.8 Å². The number of nitrogens with one attached hydrogen (secondary N) is 2. The Labute approximate surface area is 93.6 Å². The SMILES string of the molecule is COC1CNC(C(=O)NCCOC(N)=O)C1. The summed E-state index contributed by atoms with van der Waals surface area (Å²) in [6, 6.07) is -0.237. The van der Waals surface area contributed by atoms with Crippen LogP contribution in [0.3, 0.4) is 0 Å². The van der Waals surface area contributed by atoms with Gasteiger partial charge in [-0.25, -0.2) is 4.79 Å². The Bertz CT molecular complexity index is 259.